The molecule has 0 saturated heterocycles. The molecule has 0 fully saturated rings. The minimum absolute atomic E-state index is 0.0163. The van der Waals surface area contributed by atoms with Gasteiger partial charge in [0.25, 0.3) is 6.33 Å². The molecule has 79 heavy (non-hydrogen) atoms. The summed E-state index contributed by atoms with van der Waals surface area (Å²) < 4.78 is 14.0. The van der Waals surface area contributed by atoms with Crippen molar-refractivity contribution in [1.82, 2.24) is 14.1 Å². The molecular weight excluding hydrogens is 961 g/mol. The van der Waals surface area contributed by atoms with Crippen LogP contribution < -0.4 is 9.30 Å². The van der Waals surface area contributed by atoms with Crippen LogP contribution in [0.4, 0.5) is 0 Å². The molecule has 0 atom stereocenters. The van der Waals surface area contributed by atoms with Crippen LogP contribution in [0.5, 0.6) is 11.5 Å². The van der Waals surface area contributed by atoms with Gasteiger partial charge in [-0.15, -0.1) is 0 Å². The van der Waals surface area contributed by atoms with E-state index in [9.17, 15) is 0 Å². The molecule has 0 N–H and O–H groups in total. The van der Waals surface area contributed by atoms with Crippen molar-refractivity contribution in [3.63, 3.8) is 0 Å². The molecule has 0 radical (unpaired) electrons. The smallest absolute Gasteiger partial charge is 0.269 e. The van der Waals surface area contributed by atoms with Crippen molar-refractivity contribution in [3.05, 3.63) is 210 Å². The van der Waals surface area contributed by atoms with E-state index in [0.717, 1.165) is 80.1 Å². The first-order valence-corrected chi connectivity index (χ1v) is 28.4. The lowest BCUT2D eigenvalue weighted by atomic mass is 9.62. The minimum atomic E-state index is -0.210. The van der Waals surface area contributed by atoms with Crippen LogP contribution in [0.2, 0.25) is 0 Å². The third-order valence-corrected chi connectivity index (χ3v) is 17.5. The largest absolute Gasteiger partial charge is 0.458 e. The van der Waals surface area contributed by atoms with E-state index in [-0.39, 0.29) is 27.1 Å². The molecule has 0 spiro atoms. The Balaban J connectivity index is 1.06. The summed E-state index contributed by atoms with van der Waals surface area (Å²) >= 11 is 0. The Bertz CT molecular complexity index is 4270. The van der Waals surface area contributed by atoms with Gasteiger partial charge in [0.2, 0.25) is 0 Å². The lowest BCUT2D eigenvalue weighted by Gasteiger charge is -2.42. The van der Waals surface area contributed by atoms with Crippen LogP contribution in [0.25, 0.3) is 94.5 Å². The Morgan fingerprint density at radius 2 is 1.10 bits per heavy atom. The molecule has 0 saturated carbocycles. The number of hydrogen-bond acceptors (Lipinski definition) is 2. The number of pyridine rings is 1. The summed E-state index contributed by atoms with van der Waals surface area (Å²) in [5, 5.41) is 2.33. The maximum absolute atomic E-state index is 7.00. The summed E-state index contributed by atoms with van der Waals surface area (Å²) in [7, 11) is 0. The van der Waals surface area contributed by atoms with Crippen LogP contribution >= 0.6 is 0 Å². The zero-order chi connectivity index (χ0) is 55.1. The lowest BCUT2D eigenvalue weighted by molar-refractivity contribution is -0.572. The molecule has 2 aliphatic rings. The zero-order valence-corrected chi connectivity index (χ0v) is 48.4. The van der Waals surface area contributed by atoms with Crippen molar-refractivity contribution in [2.75, 3.05) is 0 Å². The number of para-hydroxylation sites is 2. The van der Waals surface area contributed by atoms with E-state index in [1.165, 1.54) is 66.6 Å². The minimum Gasteiger partial charge on any atom is -0.458 e. The molecule has 0 unspecified atom stereocenters. The van der Waals surface area contributed by atoms with Gasteiger partial charge in [-0.05, 0) is 173 Å². The van der Waals surface area contributed by atoms with Gasteiger partial charge in [0.05, 0.1) is 33.4 Å². The summed E-state index contributed by atoms with van der Waals surface area (Å²) in [5.41, 5.74) is 22.6. The standard InChI is InChI=1S/C74H72N4O/c1-70(2,3)48-30-28-46(29-31-48)47-38-60-54-23-15-14-22-53(54)58-43-62-63(74(12,13)36-35-73(62,10)11)44-59(58)57-25-19-26-61(72(7,8)9)68(57)77-45-76(66(39-47)69(60)77)50-20-18-21-51(41-50)79-52-32-33-56-55-24-16-17-27-64(55)78(65(56)42-52)67-40-49(34-37-75-67)71(4,5)6/h14-34,37-44H,35-36H2,1-13H3. The van der Waals surface area contributed by atoms with E-state index in [2.05, 4.69) is 280 Å². The number of imidazole rings is 1. The van der Waals surface area contributed by atoms with E-state index in [4.69, 9.17) is 9.72 Å². The number of rotatable bonds is 5. The Labute approximate surface area is 467 Å². The lowest BCUT2D eigenvalue weighted by Crippen LogP contribution is -2.35. The van der Waals surface area contributed by atoms with Crippen molar-refractivity contribution in [1.29, 1.82) is 0 Å². The predicted molar refractivity (Wildman–Crippen MR) is 329 cm³/mol. The third kappa shape index (κ3) is 8.42. The first kappa shape index (κ1) is 50.5. The maximum atomic E-state index is 7.00. The van der Waals surface area contributed by atoms with E-state index in [0.29, 0.717) is 0 Å². The van der Waals surface area contributed by atoms with Gasteiger partial charge in [-0.1, -0.05) is 193 Å². The number of aromatic nitrogens is 4. The molecule has 5 nitrogen and oxygen atoms in total. The average Bonchev–Trinajstić information content (AvgIpc) is 4.08. The molecule has 1 aliphatic heterocycles. The molecule has 5 heteroatoms. The van der Waals surface area contributed by atoms with Crippen molar-refractivity contribution < 1.29 is 9.30 Å². The highest BCUT2D eigenvalue weighted by molar-refractivity contribution is 6.09. The number of nitrogens with zero attached hydrogens (tertiary/aromatic N) is 4. The Hall–Kier alpha value is -8.02. The van der Waals surface area contributed by atoms with Crippen LogP contribution in [-0.2, 0) is 27.1 Å². The average molecular weight is 1030 g/mol. The highest BCUT2D eigenvalue weighted by Gasteiger charge is 2.39. The summed E-state index contributed by atoms with van der Waals surface area (Å²) in [6.07, 6.45) is 8.33. The van der Waals surface area contributed by atoms with E-state index < -0.39 is 0 Å². The second kappa shape index (κ2) is 17.7. The Morgan fingerprint density at radius 1 is 0.481 bits per heavy atom. The molecule has 4 heterocycles. The maximum Gasteiger partial charge on any atom is 0.269 e. The molecule has 8 aromatic carbocycles. The first-order chi connectivity index (χ1) is 37.5. The monoisotopic (exact) mass is 1030 g/mol. The van der Waals surface area contributed by atoms with Crippen LogP contribution in [0.3, 0.4) is 0 Å². The number of ether oxygens (including phenoxy) is 1. The Morgan fingerprint density at radius 3 is 1.80 bits per heavy atom. The van der Waals surface area contributed by atoms with Crippen LogP contribution in [0, 0.1) is 6.33 Å². The summed E-state index contributed by atoms with van der Waals surface area (Å²) in [6, 6.07) is 63.3. The quantitative estimate of drug-likeness (QED) is 0.127. The fraction of sp³-hybridized carbons (Fsp3) is 0.270. The van der Waals surface area contributed by atoms with Gasteiger partial charge >= 0.3 is 0 Å². The summed E-state index contributed by atoms with van der Waals surface area (Å²) in [4.78, 5) is 4.95. The van der Waals surface area contributed by atoms with Crippen LogP contribution in [-0.4, -0.2) is 14.1 Å². The first-order valence-electron chi connectivity index (χ1n) is 28.4. The van der Waals surface area contributed by atoms with Gasteiger partial charge in [0.15, 0.2) is 0 Å². The number of hydrogen-bond donors (Lipinski definition) is 0. The molecule has 0 bridgehead atoms. The summed E-state index contributed by atoms with van der Waals surface area (Å²) in [5.74, 6) is 2.36. The molecule has 3 aromatic heterocycles. The summed E-state index contributed by atoms with van der Waals surface area (Å²) in [6.45, 7) is 30.4. The molecular formula is C74H72N4O. The SMILES string of the molecule is CC(C)(C)c1ccc(-c2cc3c4c(c2)n(-c2cccc(Oc5ccc6c7ccccc7n(-c7cc(C(C)(C)C)ccn7)c6c5)c2)[c-][n+]4-c2c(cccc2C(C)(C)C)-c2cc4c(cc2-c2ccccc2-3)C(C)(C)CCC4(C)C)cc1. The van der Waals surface area contributed by atoms with Crippen LogP contribution in [0.15, 0.2) is 176 Å². The van der Waals surface area contributed by atoms with E-state index in [1.54, 1.807) is 0 Å². The van der Waals surface area contributed by atoms with E-state index >= 15 is 0 Å². The van der Waals surface area contributed by atoms with Crippen LogP contribution in [0.1, 0.15) is 131 Å². The third-order valence-electron chi connectivity index (χ3n) is 17.5. The topological polar surface area (TPSA) is 35.9 Å². The normalized spacial score (nSPS) is 14.7. The van der Waals surface area contributed by atoms with E-state index in [1.807, 2.05) is 6.20 Å². The highest BCUT2D eigenvalue weighted by atomic mass is 16.5. The van der Waals surface area contributed by atoms with Crippen molar-refractivity contribution in [2.45, 2.75) is 130 Å². The number of benzene rings is 8. The molecule has 0 amide bonds. The molecule has 394 valence electrons. The molecule has 1 aliphatic carbocycles. The van der Waals surface area contributed by atoms with Gasteiger partial charge in [-0.2, -0.15) is 0 Å². The van der Waals surface area contributed by atoms with Crippen molar-refractivity contribution in [3.8, 4) is 73.2 Å². The van der Waals surface area contributed by atoms with Gasteiger partial charge in [0, 0.05) is 23.0 Å². The van der Waals surface area contributed by atoms with Gasteiger partial charge in [0.1, 0.15) is 17.3 Å². The van der Waals surface area contributed by atoms with Crippen molar-refractivity contribution >= 4 is 32.8 Å². The fourth-order valence-electron chi connectivity index (χ4n) is 12.8. The molecule has 13 rings (SSSR count). The second-order valence-corrected chi connectivity index (χ2v) is 27.0. The fourth-order valence-corrected chi connectivity index (χ4v) is 12.8. The predicted octanol–water partition coefficient (Wildman–Crippen LogP) is 19.2. The number of fused-ring (bicyclic) bond motifs is 11. The van der Waals surface area contributed by atoms with Gasteiger partial charge in [-0.25, -0.2) is 4.98 Å². The zero-order valence-electron chi connectivity index (χ0n) is 48.4. The Kier molecular flexibility index (Phi) is 11.3. The molecule has 11 aromatic rings. The second-order valence-electron chi connectivity index (χ2n) is 27.0. The van der Waals surface area contributed by atoms with Gasteiger partial charge in [-0.3, -0.25) is 13.7 Å². The van der Waals surface area contributed by atoms with Crippen molar-refractivity contribution in [2.24, 2.45) is 0 Å². The highest BCUT2D eigenvalue weighted by Crippen LogP contribution is 2.53. The van der Waals surface area contributed by atoms with Gasteiger partial charge < -0.3 is 4.74 Å².